The van der Waals surface area contributed by atoms with Crippen LogP contribution in [0.15, 0.2) is 34.9 Å². The van der Waals surface area contributed by atoms with E-state index in [1.54, 1.807) is 6.92 Å². The van der Waals surface area contributed by atoms with Gasteiger partial charge in [0.25, 0.3) is 5.91 Å². The lowest BCUT2D eigenvalue weighted by atomic mass is 9.92. The normalized spacial score (nSPS) is 20.5. The zero-order valence-corrected chi connectivity index (χ0v) is 13.8. The summed E-state index contributed by atoms with van der Waals surface area (Å²) in [6.07, 6.45) is 2.72. The largest absolute Gasteiger partial charge is 0.337 e. The van der Waals surface area contributed by atoms with Crippen LogP contribution in [0.2, 0.25) is 0 Å². The molecule has 24 heavy (non-hydrogen) atoms. The van der Waals surface area contributed by atoms with E-state index < -0.39 is 11.6 Å². The number of aryl methyl sites for hydroxylation is 1. The molecule has 1 aliphatic heterocycles. The molecular weight excluding hydrogens is 308 g/mol. The Morgan fingerprint density at radius 2 is 2.00 bits per heavy atom. The van der Waals surface area contributed by atoms with Gasteiger partial charge in [-0.3, -0.25) is 9.69 Å². The van der Waals surface area contributed by atoms with Gasteiger partial charge < -0.3 is 9.84 Å². The summed E-state index contributed by atoms with van der Waals surface area (Å²) in [4.78, 5) is 30.4. The summed E-state index contributed by atoms with van der Waals surface area (Å²) in [6, 6.07) is 8.71. The number of aromatic nitrogens is 2. The summed E-state index contributed by atoms with van der Waals surface area (Å²) in [6.45, 7) is 3.76. The third-order valence-corrected chi connectivity index (χ3v) is 4.18. The topological polar surface area (TPSA) is 88.3 Å². The molecule has 0 radical (unpaired) electrons. The highest BCUT2D eigenvalue weighted by Crippen LogP contribution is 2.29. The average molecular weight is 328 g/mol. The van der Waals surface area contributed by atoms with E-state index in [0.717, 1.165) is 29.7 Å². The van der Waals surface area contributed by atoms with Crippen LogP contribution in [0.3, 0.4) is 0 Å². The summed E-state index contributed by atoms with van der Waals surface area (Å²) in [5, 5.41) is 6.64. The van der Waals surface area contributed by atoms with Crippen molar-refractivity contribution in [1.29, 1.82) is 0 Å². The van der Waals surface area contributed by atoms with Gasteiger partial charge in [0.1, 0.15) is 12.1 Å². The van der Waals surface area contributed by atoms with Gasteiger partial charge >= 0.3 is 6.03 Å². The molecule has 1 aromatic heterocycles. The number of benzene rings is 1. The van der Waals surface area contributed by atoms with E-state index in [0.29, 0.717) is 5.82 Å². The number of unbranched alkanes of at least 4 members (excludes halogenated alkanes) is 1. The Morgan fingerprint density at radius 3 is 2.71 bits per heavy atom. The first-order valence-electron chi connectivity index (χ1n) is 8.05. The van der Waals surface area contributed by atoms with Crippen LogP contribution in [-0.2, 0) is 23.3 Å². The second-order valence-electron chi connectivity index (χ2n) is 6.02. The molecule has 7 nitrogen and oxygen atoms in total. The van der Waals surface area contributed by atoms with Crippen molar-refractivity contribution in [3.05, 3.63) is 47.6 Å². The molecule has 1 unspecified atom stereocenters. The number of carbonyl (C=O) groups is 2. The van der Waals surface area contributed by atoms with Crippen molar-refractivity contribution in [3.8, 4) is 0 Å². The maximum atomic E-state index is 12.8. The second-order valence-corrected chi connectivity index (χ2v) is 6.02. The highest BCUT2D eigenvalue weighted by atomic mass is 16.5. The molecule has 1 fully saturated rings. The Kier molecular flexibility index (Phi) is 4.33. The van der Waals surface area contributed by atoms with Crippen LogP contribution in [0, 0.1) is 0 Å². The number of hydrogen-bond donors (Lipinski definition) is 1. The number of nitrogens with one attached hydrogen (secondary N) is 1. The minimum absolute atomic E-state index is 0.0216. The monoisotopic (exact) mass is 328 g/mol. The predicted molar refractivity (Wildman–Crippen MR) is 85.8 cm³/mol. The zero-order valence-electron chi connectivity index (χ0n) is 13.8. The SMILES string of the molecule is CCCCc1noc(CN2C(=O)NC(C)(c3ccccc3)C2=O)n1. The lowest BCUT2D eigenvalue weighted by molar-refractivity contribution is -0.131. The number of urea groups is 1. The van der Waals surface area contributed by atoms with Crippen LogP contribution in [0.1, 0.15) is 44.0 Å². The van der Waals surface area contributed by atoms with Crippen molar-refractivity contribution in [2.45, 2.75) is 45.2 Å². The van der Waals surface area contributed by atoms with Crippen molar-refractivity contribution in [2.75, 3.05) is 0 Å². The Hall–Kier alpha value is -2.70. The van der Waals surface area contributed by atoms with E-state index in [1.807, 2.05) is 30.3 Å². The van der Waals surface area contributed by atoms with Gasteiger partial charge in [0, 0.05) is 6.42 Å². The number of hydrogen-bond acceptors (Lipinski definition) is 5. The predicted octanol–water partition coefficient (Wildman–Crippen LogP) is 2.38. The number of carbonyl (C=O) groups excluding carboxylic acids is 2. The highest BCUT2D eigenvalue weighted by molar-refractivity contribution is 6.07. The van der Waals surface area contributed by atoms with Crippen LogP contribution in [0.5, 0.6) is 0 Å². The third kappa shape index (κ3) is 2.89. The maximum absolute atomic E-state index is 12.8. The fourth-order valence-corrected chi connectivity index (χ4v) is 2.73. The molecule has 2 heterocycles. The molecular formula is C17H20N4O3. The van der Waals surface area contributed by atoms with E-state index in [2.05, 4.69) is 22.4 Å². The Balaban J connectivity index is 1.76. The summed E-state index contributed by atoms with van der Waals surface area (Å²) in [5.74, 6) is 0.540. The van der Waals surface area contributed by atoms with Crippen LogP contribution in [0.4, 0.5) is 4.79 Å². The first kappa shape index (κ1) is 16.2. The first-order chi connectivity index (χ1) is 11.5. The third-order valence-electron chi connectivity index (χ3n) is 4.18. The molecule has 3 rings (SSSR count). The van der Waals surface area contributed by atoms with Gasteiger partial charge in [-0.15, -0.1) is 0 Å². The molecule has 1 aromatic carbocycles. The zero-order chi connectivity index (χ0) is 17.2. The second kappa shape index (κ2) is 6.43. The Bertz CT molecular complexity index is 743. The minimum atomic E-state index is -1.08. The van der Waals surface area contributed by atoms with Gasteiger partial charge in [-0.05, 0) is 18.9 Å². The van der Waals surface area contributed by atoms with Gasteiger partial charge in [-0.25, -0.2) is 4.79 Å². The van der Waals surface area contributed by atoms with Gasteiger partial charge in [-0.1, -0.05) is 48.8 Å². The summed E-state index contributed by atoms with van der Waals surface area (Å²) < 4.78 is 5.16. The maximum Gasteiger partial charge on any atom is 0.325 e. The van der Waals surface area contributed by atoms with Crippen LogP contribution in [-0.4, -0.2) is 27.0 Å². The molecule has 1 N–H and O–H groups in total. The van der Waals surface area contributed by atoms with E-state index >= 15 is 0 Å². The summed E-state index contributed by atoms with van der Waals surface area (Å²) in [5.41, 5.74) is -0.344. The van der Waals surface area contributed by atoms with Gasteiger partial charge in [-0.2, -0.15) is 4.98 Å². The van der Waals surface area contributed by atoms with E-state index in [-0.39, 0.29) is 18.3 Å². The summed E-state index contributed by atoms with van der Waals surface area (Å²) >= 11 is 0. The number of imide groups is 1. The fourth-order valence-electron chi connectivity index (χ4n) is 2.73. The molecule has 3 amide bonds. The number of amides is 3. The van der Waals surface area contributed by atoms with Crippen molar-refractivity contribution in [2.24, 2.45) is 0 Å². The smallest absolute Gasteiger partial charge is 0.325 e. The molecule has 1 aliphatic rings. The van der Waals surface area contributed by atoms with Gasteiger partial charge in [0.15, 0.2) is 5.82 Å². The van der Waals surface area contributed by atoms with Crippen LogP contribution >= 0.6 is 0 Å². The Labute approximate surface area is 140 Å². The molecule has 0 bridgehead atoms. The van der Waals surface area contributed by atoms with Gasteiger partial charge in [0.2, 0.25) is 5.89 Å². The van der Waals surface area contributed by atoms with Crippen LogP contribution < -0.4 is 5.32 Å². The molecule has 126 valence electrons. The van der Waals surface area contributed by atoms with Crippen molar-refractivity contribution in [3.63, 3.8) is 0 Å². The fraction of sp³-hybridized carbons (Fsp3) is 0.412. The van der Waals surface area contributed by atoms with Crippen LogP contribution in [0.25, 0.3) is 0 Å². The van der Waals surface area contributed by atoms with Crippen molar-refractivity contribution < 1.29 is 14.1 Å². The van der Waals surface area contributed by atoms with Gasteiger partial charge in [0.05, 0.1) is 0 Å². The minimum Gasteiger partial charge on any atom is -0.337 e. The number of nitrogens with zero attached hydrogens (tertiary/aromatic N) is 3. The molecule has 0 spiro atoms. The van der Waals surface area contributed by atoms with Crippen molar-refractivity contribution >= 4 is 11.9 Å². The number of rotatable bonds is 6. The van der Waals surface area contributed by atoms with Crippen molar-refractivity contribution in [1.82, 2.24) is 20.4 Å². The van der Waals surface area contributed by atoms with E-state index in [4.69, 9.17) is 4.52 Å². The molecule has 0 saturated carbocycles. The average Bonchev–Trinajstić information content (AvgIpc) is 3.13. The molecule has 0 aliphatic carbocycles. The highest BCUT2D eigenvalue weighted by Gasteiger charge is 2.49. The molecule has 1 atom stereocenters. The molecule has 2 aromatic rings. The summed E-state index contributed by atoms with van der Waals surface area (Å²) in [7, 11) is 0. The standard InChI is InChI=1S/C17H20N4O3/c1-3-4-10-13-18-14(24-20-13)11-21-15(22)17(2,19-16(21)23)12-8-6-5-7-9-12/h5-9H,3-4,10-11H2,1-2H3,(H,19,23). The van der Waals surface area contributed by atoms with E-state index in [1.165, 1.54) is 0 Å². The van der Waals surface area contributed by atoms with E-state index in [9.17, 15) is 9.59 Å². The first-order valence-corrected chi connectivity index (χ1v) is 8.05. The quantitative estimate of drug-likeness (QED) is 0.823. The Morgan fingerprint density at radius 1 is 1.25 bits per heavy atom. The lowest BCUT2D eigenvalue weighted by Crippen LogP contribution is -2.40. The lowest BCUT2D eigenvalue weighted by Gasteiger charge is -2.21. The molecule has 1 saturated heterocycles. The molecule has 7 heteroatoms.